The molecular formula is C16H20FN3O7. The molecule has 1 N–H and O–H groups in total. The van der Waals surface area contributed by atoms with E-state index in [2.05, 4.69) is 10.3 Å². The molecule has 0 radical (unpaired) electrons. The lowest BCUT2D eigenvalue weighted by atomic mass is 10.1. The van der Waals surface area contributed by atoms with Crippen molar-refractivity contribution >= 4 is 18.1 Å². The van der Waals surface area contributed by atoms with Crippen LogP contribution in [0.5, 0.6) is 0 Å². The van der Waals surface area contributed by atoms with E-state index in [0.29, 0.717) is 0 Å². The molecule has 0 saturated carbocycles. The summed E-state index contributed by atoms with van der Waals surface area (Å²) in [5.74, 6) is -1.39. The van der Waals surface area contributed by atoms with Crippen molar-refractivity contribution in [2.75, 3.05) is 11.9 Å². The predicted octanol–water partition coefficient (Wildman–Crippen LogP) is 1.80. The van der Waals surface area contributed by atoms with Gasteiger partial charge in [-0.15, -0.1) is 0 Å². The molecule has 2 aliphatic heterocycles. The van der Waals surface area contributed by atoms with Gasteiger partial charge in [0.05, 0.1) is 18.9 Å². The minimum atomic E-state index is -1.09. The Morgan fingerprint density at radius 2 is 2.11 bits per heavy atom. The highest BCUT2D eigenvalue weighted by molar-refractivity contribution is 5.83. The van der Waals surface area contributed by atoms with E-state index >= 15 is 0 Å². The number of aromatic nitrogens is 2. The van der Waals surface area contributed by atoms with Crippen LogP contribution in [-0.4, -0.2) is 46.7 Å². The summed E-state index contributed by atoms with van der Waals surface area (Å²) in [6.45, 7) is 5.62. The van der Waals surface area contributed by atoms with Gasteiger partial charge in [0.2, 0.25) is 0 Å². The summed E-state index contributed by atoms with van der Waals surface area (Å²) in [5, 5.41) is 2.10. The van der Waals surface area contributed by atoms with Crippen LogP contribution in [0.1, 0.15) is 33.4 Å². The van der Waals surface area contributed by atoms with Crippen LogP contribution < -0.4 is 11.0 Å². The number of hydrogen-bond acceptors (Lipinski definition) is 8. The number of ether oxygens (including phenoxy) is 4. The smallest absolute Gasteiger partial charge is 0.449 e. The van der Waals surface area contributed by atoms with E-state index in [1.807, 2.05) is 13.8 Å². The number of rotatable bonds is 5. The summed E-state index contributed by atoms with van der Waals surface area (Å²) in [6, 6.07) is 0. The summed E-state index contributed by atoms with van der Waals surface area (Å²) in [6.07, 6.45) is -3.39. The molecular weight excluding hydrogens is 365 g/mol. The van der Waals surface area contributed by atoms with Gasteiger partial charge in [-0.05, 0) is 12.8 Å². The molecule has 27 heavy (non-hydrogen) atoms. The fraction of sp³-hybridized carbons (Fsp3) is 0.625. The number of carbonyl (C=O) groups is 2. The topological polar surface area (TPSA) is 118 Å². The first-order valence-electron chi connectivity index (χ1n) is 8.55. The highest BCUT2D eigenvalue weighted by Gasteiger charge is 2.53. The minimum absolute atomic E-state index is 0.146. The van der Waals surface area contributed by atoms with Crippen LogP contribution >= 0.6 is 0 Å². The van der Waals surface area contributed by atoms with Crippen LogP contribution in [0.15, 0.2) is 11.0 Å². The molecule has 0 bridgehead atoms. The van der Waals surface area contributed by atoms with Crippen molar-refractivity contribution in [1.82, 2.24) is 9.55 Å². The number of nitrogens with zero attached hydrogens (tertiary/aromatic N) is 2. The lowest BCUT2D eigenvalue weighted by Gasteiger charge is -2.18. The van der Waals surface area contributed by atoms with Gasteiger partial charge < -0.3 is 18.9 Å². The molecule has 3 heterocycles. The van der Waals surface area contributed by atoms with Crippen molar-refractivity contribution in [3.05, 3.63) is 22.5 Å². The van der Waals surface area contributed by atoms with Gasteiger partial charge in [-0.3, -0.25) is 9.88 Å². The monoisotopic (exact) mass is 385 g/mol. The Balaban J connectivity index is 1.75. The average molecular weight is 385 g/mol. The molecule has 10 nitrogen and oxygen atoms in total. The number of amides is 1. The third-order valence-electron chi connectivity index (χ3n) is 4.48. The Morgan fingerprint density at radius 3 is 2.81 bits per heavy atom. The zero-order valence-corrected chi connectivity index (χ0v) is 15.0. The first kappa shape index (κ1) is 19.1. The van der Waals surface area contributed by atoms with Crippen molar-refractivity contribution < 1.29 is 32.9 Å². The van der Waals surface area contributed by atoms with Crippen LogP contribution in [0.2, 0.25) is 0 Å². The fourth-order valence-corrected chi connectivity index (χ4v) is 2.75. The largest absolute Gasteiger partial charge is 0.509 e. The first-order chi connectivity index (χ1) is 12.8. The molecule has 0 aromatic carbocycles. The van der Waals surface area contributed by atoms with Crippen molar-refractivity contribution in [2.24, 2.45) is 5.92 Å². The molecule has 2 fully saturated rings. The zero-order chi connectivity index (χ0) is 19.7. The maximum atomic E-state index is 14.3. The van der Waals surface area contributed by atoms with Gasteiger partial charge >= 0.3 is 17.9 Å². The maximum Gasteiger partial charge on any atom is 0.509 e. The molecule has 0 spiro atoms. The lowest BCUT2D eigenvalue weighted by Crippen LogP contribution is -2.35. The van der Waals surface area contributed by atoms with Gasteiger partial charge in [-0.2, -0.15) is 4.98 Å². The summed E-state index contributed by atoms with van der Waals surface area (Å²) >= 11 is 0. The van der Waals surface area contributed by atoms with E-state index in [0.717, 1.165) is 17.2 Å². The minimum Gasteiger partial charge on any atom is -0.449 e. The van der Waals surface area contributed by atoms with Gasteiger partial charge in [0.15, 0.2) is 30.1 Å². The Kier molecular flexibility index (Phi) is 5.31. The SMILES string of the molecule is CCC(C)COC(=O)Nc1nc(=O)n([C@@H]2O[C@H](C)[C@H]3OC(=O)O[C@H]32)cc1F. The second-order valence-corrected chi connectivity index (χ2v) is 6.51. The lowest BCUT2D eigenvalue weighted by molar-refractivity contribution is -0.0524. The van der Waals surface area contributed by atoms with Crippen molar-refractivity contribution in [2.45, 2.75) is 51.7 Å². The highest BCUT2D eigenvalue weighted by atomic mass is 19.1. The molecule has 11 heteroatoms. The van der Waals surface area contributed by atoms with Gasteiger partial charge in [-0.25, -0.2) is 18.8 Å². The highest BCUT2D eigenvalue weighted by Crippen LogP contribution is 2.37. The molecule has 1 unspecified atom stereocenters. The third kappa shape index (κ3) is 3.87. The first-order valence-corrected chi connectivity index (χ1v) is 8.55. The molecule has 1 amide bonds. The predicted molar refractivity (Wildman–Crippen MR) is 87.6 cm³/mol. The molecule has 2 saturated heterocycles. The molecule has 148 valence electrons. The molecule has 0 aliphatic carbocycles. The molecule has 5 atom stereocenters. The quantitative estimate of drug-likeness (QED) is 0.763. The van der Waals surface area contributed by atoms with Crippen molar-refractivity contribution in [3.63, 3.8) is 0 Å². The van der Waals surface area contributed by atoms with Crippen LogP contribution in [-0.2, 0) is 18.9 Å². The number of fused-ring (bicyclic) bond motifs is 1. The van der Waals surface area contributed by atoms with Crippen LogP contribution in [0.3, 0.4) is 0 Å². The fourth-order valence-electron chi connectivity index (χ4n) is 2.75. The van der Waals surface area contributed by atoms with E-state index in [4.69, 9.17) is 18.9 Å². The molecule has 1 aromatic heterocycles. The maximum absolute atomic E-state index is 14.3. The number of halogens is 1. The van der Waals surface area contributed by atoms with Gasteiger partial charge in [0.25, 0.3) is 0 Å². The summed E-state index contributed by atoms with van der Waals surface area (Å²) in [7, 11) is 0. The Bertz CT molecular complexity index is 799. The van der Waals surface area contributed by atoms with Crippen molar-refractivity contribution in [3.8, 4) is 0 Å². The van der Waals surface area contributed by atoms with Gasteiger partial charge in [0.1, 0.15) is 0 Å². The second-order valence-electron chi connectivity index (χ2n) is 6.51. The van der Waals surface area contributed by atoms with Gasteiger partial charge in [0, 0.05) is 0 Å². The molecule has 1 aromatic rings. The van der Waals surface area contributed by atoms with E-state index in [-0.39, 0.29) is 12.5 Å². The Morgan fingerprint density at radius 1 is 1.41 bits per heavy atom. The summed E-state index contributed by atoms with van der Waals surface area (Å²) in [4.78, 5) is 38.8. The number of carbonyl (C=O) groups excluding carboxylic acids is 2. The third-order valence-corrected chi connectivity index (χ3v) is 4.48. The molecule has 2 aliphatic rings. The Labute approximate surface area is 153 Å². The van der Waals surface area contributed by atoms with E-state index < -0.39 is 54.1 Å². The average Bonchev–Trinajstić information content (AvgIpc) is 3.14. The normalized spacial score (nSPS) is 27.5. The number of nitrogens with one attached hydrogen (secondary N) is 1. The van der Waals surface area contributed by atoms with Crippen molar-refractivity contribution in [1.29, 1.82) is 0 Å². The van der Waals surface area contributed by atoms with E-state index in [9.17, 15) is 18.8 Å². The summed E-state index contributed by atoms with van der Waals surface area (Å²) in [5.41, 5.74) is -0.894. The summed E-state index contributed by atoms with van der Waals surface area (Å²) < 4.78 is 35.6. The Hall–Kier alpha value is -2.69. The van der Waals surface area contributed by atoms with Gasteiger partial charge in [-0.1, -0.05) is 20.3 Å². The van der Waals surface area contributed by atoms with E-state index in [1.165, 1.54) is 0 Å². The van der Waals surface area contributed by atoms with E-state index in [1.54, 1.807) is 6.92 Å². The second kappa shape index (κ2) is 7.51. The zero-order valence-electron chi connectivity index (χ0n) is 15.0. The van der Waals surface area contributed by atoms with Crippen LogP contribution in [0.25, 0.3) is 0 Å². The number of hydrogen-bond donors (Lipinski definition) is 1. The standard InChI is InChI=1S/C16H20FN3O7/c1-4-7(2)6-24-15(22)19-12-9(17)5-20(14(21)18-12)13-11-10(8(3)25-13)26-16(23)27-11/h5,7-8,10-11,13H,4,6H2,1-3H3,(H,18,19,21,22)/t7?,8-,10-,11-,13-/m1/s1. The molecule has 3 rings (SSSR count). The van der Waals surface area contributed by atoms with Crippen LogP contribution in [0.4, 0.5) is 19.8 Å². The number of anilines is 1. The van der Waals surface area contributed by atoms with Crippen LogP contribution in [0, 0.1) is 11.7 Å².